The van der Waals surface area contributed by atoms with Crippen LogP contribution in [0.4, 0.5) is 11.4 Å². The number of rotatable bonds is 5. The van der Waals surface area contributed by atoms with E-state index in [4.69, 9.17) is 23.2 Å². The highest BCUT2D eigenvalue weighted by Crippen LogP contribution is 2.31. The molecule has 0 unspecified atom stereocenters. The zero-order valence-electron chi connectivity index (χ0n) is 15.2. The first-order valence-corrected chi connectivity index (χ1v) is 9.28. The molecule has 0 aliphatic rings. The number of carbonyl (C=O) groups is 1. The van der Waals surface area contributed by atoms with Crippen LogP contribution >= 0.6 is 23.2 Å². The van der Waals surface area contributed by atoms with Gasteiger partial charge in [0, 0.05) is 17.6 Å². The number of carbonyl (C=O) groups excluding carboxylic acids is 1. The summed E-state index contributed by atoms with van der Waals surface area (Å²) in [5.41, 5.74) is 9.75. The number of aryl methyl sites for hydroxylation is 1. The second-order valence-corrected chi connectivity index (χ2v) is 7.36. The van der Waals surface area contributed by atoms with E-state index in [9.17, 15) is 4.79 Å². The first-order valence-electron chi connectivity index (χ1n) is 8.53. The number of amides is 1. The largest absolute Gasteiger partial charge is 0.321 e. The van der Waals surface area contributed by atoms with Crippen molar-refractivity contribution in [3.05, 3.63) is 63.8 Å². The van der Waals surface area contributed by atoms with Crippen LogP contribution in [0.1, 0.15) is 29.8 Å². The molecular formula is C20H20Cl2N4O. The minimum atomic E-state index is -0.377. The SMILES string of the molecule is Cc1cc(NC(=O)c2c(Cl)cccc2Cl)c2nccc(NNC(C)C)c2c1. The topological polar surface area (TPSA) is 66.0 Å². The van der Waals surface area contributed by atoms with Crippen molar-refractivity contribution < 1.29 is 4.79 Å². The van der Waals surface area contributed by atoms with Crippen molar-refractivity contribution in [3.63, 3.8) is 0 Å². The lowest BCUT2D eigenvalue weighted by atomic mass is 10.1. The standard InChI is InChI=1S/C20H20Cl2N4O/c1-11(2)25-26-16-7-8-23-19-13(16)9-12(3)10-17(19)24-20(27)18-14(21)5-4-6-15(18)22/h4-11,25H,1-3H3,(H,23,26)(H,24,27). The molecule has 0 radical (unpaired) electrons. The Balaban J connectivity index is 2.02. The first kappa shape index (κ1) is 19.4. The van der Waals surface area contributed by atoms with Crippen molar-refractivity contribution in [1.82, 2.24) is 10.4 Å². The number of pyridine rings is 1. The minimum Gasteiger partial charge on any atom is -0.321 e. The molecule has 0 aliphatic heterocycles. The van der Waals surface area contributed by atoms with E-state index in [-0.39, 0.29) is 17.5 Å². The average Bonchev–Trinajstić information content (AvgIpc) is 2.59. The number of benzene rings is 2. The number of aromatic nitrogens is 1. The highest BCUT2D eigenvalue weighted by molar-refractivity contribution is 6.40. The molecule has 0 atom stereocenters. The van der Waals surface area contributed by atoms with Crippen molar-refractivity contribution in [3.8, 4) is 0 Å². The summed E-state index contributed by atoms with van der Waals surface area (Å²) in [6, 6.07) is 11.0. The zero-order chi connectivity index (χ0) is 19.6. The Hall–Kier alpha value is -2.34. The number of nitrogens with zero attached hydrogens (tertiary/aromatic N) is 1. The van der Waals surface area contributed by atoms with Crippen LogP contribution in [0.5, 0.6) is 0 Å². The fourth-order valence-corrected chi connectivity index (χ4v) is 3.29. The third-order valence-corrected chi connectivity index (χ3v) is 4.55. The van der Waals surface area contributed by atoms with E-state index in [1.807, 2.05) is 39.0 Å². The molecule has 140 valence electrons. The summed E-state index contributed by atoms with van der Waals surface area (Å²) in [6.45, 7) is 6.05. The lowest BCUT2D eigenvalue weighted by Gasteiger charge is -2.16. The molecule has 0 bridgehead atoms. The van der Waals surface area contributed by atoms with E-state index in [0.29, 0.717) is 21.2 Å². The van der Waals surface area contributed by atoms with Crippen LogP contribution in [0.2, 0.25) is 10.0 Å². The van der Waals surface area contributed by atoms with E-state index in [2.05, 4.69) is 21.2 Å². The molecule has 5 nitrogen and oxygen atoms in total. The monoisotopic (exact) mass is 402 g/mol. The van der Waals surface area contributed by atoms with Gasteiger partial charge in [0.05, 0.1) is 32.5 Å². The number of hydrogen-bond donors (Lipinski definition) is 3. The van der Waals surface area contributed by atoms with Crippen LogP contribution in [0, 0.1) is 6.92 Å². The Kier molecular flexibility index (Phi) is 5.85. The van der Waals surface area contributed by atoms with Crippen LogP contribution in [0.25, 0.3) is 10.9 Å². The maximum atomic E-state index is 12.8. The Morgan fingerprint density at radius 1 is 1.07 bits per heavy atom. The van der Waals surface area contributed by atoms with Gasteiger partial charge in [-0.2, -0.15) is 0 Å². The lowest BCUT2D eigenvalue weighted by Crippen LogP contribution is -2.29. The summed E-state index contributed by atoms with van der Waals surface area (Å²) in [6.07, 6.45) is 1.69. The Labute approximate surface area is 168 Å². The summed E-state index contributed by atoms with van der Waals surface area (Å²) in [7, 11) is 0. The Morgan fingerprint density at radius 2 is 1.78 bits per heavy atom. The van der Waals surface area contributed by atoms with E-state index in [1.54, 1.807) is 24.4 Å². The highest BCUT2D eigenvalue weighted by atomic mass is 35.5. The summed E-state index contributed by atoms with van der Waals surface area (Å²) in [5, 5.41) is 4.39. The summed E-state index contributed by atoms with van der Waals surface area (Å²) >= 11 is 12.3. The van der Waals surface area contributed by atoms with Gasteiger partial charge in [0.25, 0.3) is 5.91 Å². The maximum absolute atomic E-state index is 12.8. The van der Waals surface area contributed by atoms with E-state index < -0.39 is 0 Å². The van der Waals surface area contributed by atoms with Gasteiger partial charge in [-0.05, 0) is 56.7 Å². The van der Waals surface area contributed by atoms with Gasteiger partial charge in [-0.25, -0.2) is 5.43 Å². The summed E-state index contributed by atoms with van der Waals surface area (Å²) in [4.78, 5) is 17.2. The number of anilines is 2. The fraction of sp³-hybridized carbons (Fsp3) is 0.200. The van der Waals surface area contributed by atoms with Crippen molar-refractivity contribution in [2.24, 2.45) is 0 Å². The molecule has 0 saturated heterocycles. The van der Waals surface area contributed by atoms with Crippen LogP contribution in [-0.2, 0) is 0 Å². The van der Waals surface area contributed by atoms with Crippen LogP contribution in [-0.4, -0.2) is 16.9 Å². The van der Waals surface area contributed by atoms with Gasteiger partial charge in [-0.1, -0.05) is 29.3 Å². The molecule has 0 aliphatic carbocycles. The van der Waals surface area contributed by atoms with Gasteiger partial charge in [0.2, 0.25) is 0 Å². The molecule has 0 fully saturated rings. The van der Waals surface area contributed by atoms with E-state index in [0.717, 1.165) is 16.6 Å². The van der Waals surface area contributed by atoms with Gasteiger partial charge in [0.15, 0.2) is 0 Å². The second-order valence-electron chi connectivity index (χ2n) is 6.54. The van der Waals surface area contributed by atoms with Crippen LogP contribution in [0.15, 0.2) is 42.6 Å². The molecule has 1 amide bonds. The smallest absolute Gasteiger partial charge is 0.258 e. The average molecular weight is 403 g/mol. The maximum Gasteiger partial charge on any atom is 0.258 e. The normalized spacial score (nSPS) is 11.0. The highest BCUT2D eigenvalue weighted by Gasteiger charge is 2.17. The zero-order valence-corrected chi connectivity index (χ0v) is 16.7. The van der Waals surface area contributed by atoms with Gasteiger partial charge in [0.1, 0.15) is 0 Å². The number of hydrazine groups is 1. The number of halogens is 2. The van der Waals surface area contributed by atoms with Crippen molar-refractivity contribution in [2.45, 2.75) is 26.8 Å². The van der Waals surface area contributed by atoms with Gasteiger partial charge in [-0.3, -0.25) is 9.78 Å². The molecular weight excluding hydrogens is 383 g/mol. The van der Waals surface area contributed by atoms with Crippen molar-refractivity contribution >= 4 is 51.4 Å². The third-order valence-electron chi connectivity index (χ3n) is 3.92. The Morgan fingerprint density at radius 3 is 2.44 bits per heavy atom. The van der Waals surface area contributed by atoms with Gasteiger partial charge in [-0.15, -0.1) is 0 Å². The lowest BCUT2D eigenvalue weighted by molar-refractivity contribution is 0.102. The molecule has 3 N–H and O–H groups in total. The predicted molar refractivity (Wildman–Crippen MR) is 113 cm³/mol. The van der Waals surface area contributed by atoms with Gasteiger partial charge < -0.3 is 10.7 Å². The molecule has 3 rings (SSSR count). The van der Waals surface area contributed by atoms with Crippen LogP contribution < -0.4 is 16.2 Å². The quantitative estimate of drug-likeness (QED) is 0.497. The predicted octanol–water partition coefficient (Wildman–Crippen LogP) is 5.43. The molecule has 7 heteroatoms. The summed E-state index contributed by atoms with van der Waals surface area (Å²) < 4.78 is 0. The van der Waals surface area contributed by atoms with E-state index in [1.165, 1.54) is 0 Å². The molecule has 1 aromatic heterocycles. The van der Waals surface area contributed by atoms with Crippen molar-refractivity contribution in [2.75, 3.05) is 10.7 Å². The number of fused-ring (bicyclic) bond motifs is 1. The van der Waals surface area contributed by atoms with E-state index >= 15 is 0 Å². The molecule has 3 aromatic rings. The molecule has 0 spiro atoms. The first-order chi connectivity index (χ1) is 12.9. The summed E-state index contributed by atoms with van der Waals surface area (Å²) in [5.74, 6) is -0.377. The van der Waals surface area contributed by atoms with Crippen LogP contribution in [0.3, 0.4) is 0 Å². The molecule has 1 heterocycles. The molecule has 0 saturated carbocycles. The number of hydrogen-bond acceptors (Lipinski definition) is 4. The molecule has 27 heavy (non-hydrogen) atoms. The second kappa shape index (κ2) is 8.13. The number of nitrogens with one attached hydrogen (secondary N) is 3. The van der Waals surface area contributed by atoms with Crippen molar-refractivity contribution in [1.29, 1.82) is 0 Å². The Bertz CT molecular complexity index is 984. The molecule has 2 aromatic carbocycles. The minimum absolute atomic E-state index is 0.242. The van der Waals surface area contributed by atoms with Gasteiger partial charge >= 0.3 is 0 Å². The third kappa shape index (κ3) is 4.33. The fourth-order valence-electron chi connectivity index (χ4n) is 2.73.